The number of nitrogens with two attached hydrogens (primary N) is 1. The first kappa shape index (κ1) is 37.5. The number of alkyl halides is 3. The summed E-state index contributed by atoms with van der Waals surface area (Å²) in [6.07, 6.45) is 0.702. The average Bonchev–Trinajstić information content (AvgIpc) is 3.78. The van der Waals surface area contributed by atoms with Crippen LogP contribution in [-0.2, 0) is 15.9 Å². The van der Waals surface area contributed by atoms with Crippen LogP contribution in [0.15, 0.2) is 79.1 Å². The molecule has 58 heavy (non-hydrogen) atoms. The van der Waals surface area contributed by atoms with Crippen LogP contribution in [0.5, 0.6) is 11.5 Å². The van der Waals surface area contributed by atoms with Crippen molar-refractivity contribution >= 4 is 45.3 Å². The Hall–Kier alpha value is -6.07. The quantitative estimate of drug-likeness (QED) is 0.0929. The summed E-state index contributed by atoms with van der Waals surface area (Å²) in [6, 6.07) is 23.0. The highest BCUT2D eigenvalue weighted by Crippen LogP contribution is 2.39. The number of hydrogen-bond acceptors (Lipinski definition) is 11. The molecule has 300 valence electrons. The maximum Gasteiger partial charge on any atom is 0.505 e. The van der Waals surface area contributed by atoms with Crippen molar-refractivity contribution in [3.8, 4) is 22.8 Å². The Morgan fingerprint density at radius 1 is 0.845 bits per heavy atom. The number of hydrogen-bond donors (Lipinski definition) is 4. The lowest BCUT2D eigenvalue weighted by molar-refractivity contribution is -0.209. The van der Waals surface area contributed by atoms with Crippen molar-refractivity contribution in [2.24, 2.45) is 0 Å². The van der Waals surface area contributed by atoms with Crippen LogP contribution >= 0.6 is 0 Å². The van der Waals surface area contributed by atoms with E-state index in [2.05, 4.69) is 31.0 Å². The van der Waals surface area contributed by atoms with E-state index in [-0.39, 0.29) is 46.2 Å². The molecule has 0 radical (unpaired) electrons. The van der Waals surface area contributed by atoms with Crippen LogP contribution in [0.3, 0.4) is 0 Å². The zero-order valence-electron chi connectivity index (χ0n) is 31.5. The Kier molecular flexibility index (Phi) is 9.93. The molecule has 3 aromatic carbocycles. The number of halogens is 3. The fourth-order valence-corrected chi connectivity index (χ4v) is 8.38. The van der Waals surface area contributed by atoms with Gasteiger partial charge in [0.1, 0.15) is 29.3 Å². The number of nitrogen functional groups attached to an aromatic ring is 1. The van der Waals surface area contributed by atoms with E-state index in [1.165, 1.54) is 12.4 Å². The van der Waals surface area contributed by atoms with Crippen LogP contribution in [0.4, 0.5) is 24.7 Å². The van der Waals surface area contributed by atoms with E-state index < -0.39 is 24.0 Å². The van der Waals surface area contributed by atoms with E-state index in [9.17, 15) is 22.8 Å². The molecule has 5 heterocycles. The monoisotopic (exact) mass is 793 g/mol. The molecule has 2 amide bonds. The predicted octanol–water partition coefficient (Wildman–Crippen LogP) is 5.77. The van der Waals surface area contributed by atoms with Crippen molar-refractivity contribution < 1.29 is 27.5 Å². The molecule has 3 aromatic heterocycles. The highest BCUT2D eigenvalue weighted by atomic mass is 19.4. The molecule has 0 bridgehead atoms. The maximum absolute atomic E-state index is 14.0. The molecule has 2 saturated heterocycles. The Morgan fingerprint density at radius 2 is 1.57 bits per heavy atom. The molecule has 2 aliphatic heterocycles. The van der Waals surface area contributed by atoms with Crippen LogP contribution in [0.25, 0.3) is 33.2 Å². The Labute approximate surface area is 330 Å². The molecule has 5 N–H and O–H groups in total. The van der Waals surface area contributed by atoms with Gasteiger partial charge in [0, 0.05) is 61.3 Å². The van der Waals surface area contributed by atoms with Gasteiger partial charge in [-0.25, -0.2) is 14.6 Å². The minimum absolute atomic E-state index is 0.0292. The summed E-state index contributed by atoms with van der Waals surface area (Å²) in [5.74, 6) is -0.110. The third-order valence-electron chi connectivity index (χ3n) is 11.4. The molecular weight excluding hydrogens is 752 g/mol. The number of aromatic nitrogens is 6. The molecule has 9 rings (SSSR count). The van der Waals surface area contributed by atoms with Gasteiger partial charge in [0.15, 0.2) is 5.65 Å². The molecule has 1 aliphatic carbocycles. The first-order valence-electron chi connectivity index (χ1n) is 19.6. The molecule has 1 unspecified atom stereocenters. The number of ether oxygens (including phenoxy) is 1. The fraction of sp³-hybridized carbons (Fsp3) is 0.366. The molecule has 17 heteroatoms. The van der Waals surface area contributed by atoms with Gasteiger partial charge in [0.25, 0.3) is 0 Å². The van der Waals surface area contributed by atoms with Crippen molar-refractivity contribution in [1.82, 2.24) is 45.5 Å². The van der Waals surface area contributed by atoms with Gasteiger partial charge in [0.2, 0.25) is 11.8 Å². The highest BCUT2D eigenvalue weighted by molar-refractivity contribution is 6.03. The van der Waals surface area contributed by atoms with Crippen molar-refractivity contribution in [3.63, 3.8) is 0 Å². The van der Waals surface area contributed by atoms with Crippen molar-refractivity contribution in [2.45, 2.75) is 68.9 Å². The zero-order valence-corrected chi connectivity index (χ0v) is 31.5. The van der Waals surface area contributed by atoms with Gasteiger partial charge in [-0.1, -0.05) is 18.2 Å². The third-order valence-corrected chi connectivity index (χ3v) is 11.4. The van der Waals surface area contributed by atoms with E-state index in [1.54, 1.807) is 12.1 Å². The molecule has 14 nitrogen and oxygen atoms in total. The van der Waals surface area contributed by atoms with Gasteiger partial charge in [-0.3, -0.25) is 14.9 Å². The number of nitrogens with zero attached hydrogens (tertiary/aromatic N) is 7. The smallest absolute Gasteiger partial charge is 0.457 e. The van der Waals surface area contributed by atoms with Crippen molar-refractivity contribution in [2.75, 3.05) is 36.8 Å². The number of fused-ring (bicyclic) bond motifs is 2. The van der Waals surface area contributed by atoms with Gasteiger partial charge in [0.05, 0.1) is 28.6 Å². The normalized spacial score (nSPS) is 20.4. The number of rotatable bonds is 11. The lowest BCUT2D eigenvalue weighted by Gasteiger charge is -2.41. The number of anilines is 2. The average molecular weight is 794 g/mol. The SMILES string of the molecule is Nc1ncnc2c1c(-c1ccc(Oc3ccccc3)cc1)nn2C1CCC(NCCNC2CN(c3ccc4c(C5CCC(=O)NC5=O)nn(C(F)(F)F)c4c3)C2)CC1. The minimum Gasteiger partial charge on any atom is -0.457 e. The molecule has 3 fully saturated rings. The largest absolute Gasteiger partial charge is 0.505 e. The summed E-state index contributed by atoms with van der Waals surface area (Å²) < 4.78 is 50.1. The fourth-order valence-electron chi connectivity index (χ4n) is 8.38. The standard InChI is InChI=1S/C41H42F3N11O3/c42-41(43,44)55-33-20-28(12-15-31(33)37(52-55)32-16-17-34(56)50-40(32)57)53-21-26(22-53)47-19-18-46-25-8-10-27(11-9-25)54-39-35(38(45)48-23-49-39)36(51-54)24-6-13-30(14-7-24)58-29-4-2-1-3-5-29/h1-7,12-15,20,23,25-27,32,46-47H,8-11,16-19,21-22H2,(H2,45,48,49)(H,50,56,57). The lowest BCUT2D eigenvalue weighted by atomic mass is 9.91. The van der Waals surface area contributed by atoms with Crippen LogP contribution < -0.4 is 31.3 Å². The molecule has 1 atom stereocenters. The molecule has 6 aromatic rings. The number of carbonyl (C=O) groups excluding carboxylic acids is 2. The number of carbonyl (C=O) groups is 2. The summed E-state index contributed by atoms with van der Waals surface area (Å²) in [5, 5.41) is 19.3. The second-order valence-corrected chi connectivity index (χ2v) is 15.2. The lowest BCUT2D eigenvalue weighted by Crippen LogP contribution is -2.59. The number of piperidine rings is 1. The third kappa shape index (κ3) is 7.42. The summed E-state index contributed by atoms with van der Waals surface area (Å²) in [6.45, 7) is 2.84. The number of para-hydroxylation sites is 1. The topological polar surface area (TPSA) is 170 Å². The predicted molar refractivity (Wildman–Crippen MR) is 211 cm³/mol. The molecule has 1 saturated carbocycles. The minimum atomic E-state index is -4.77. The number of amides is 2. The Morgan fingerprint density at radius 3 is 2.29 bits per heavy atom. The van der Waals surface area contributed by atoms with E-state index >= 15 is 0 Å². The van der Waals surface area contributed by atoms with Crippen LogP contribution in [0.1, 0.15) is 56.2 Å². The van der Waals surface area contributed by atoms with Crippen LogP contribution in [0.2, 0.25) is 0 Å². The van der Waals surface area contributed by atoms with E-state index in [4.69, 9.17) is 15.6 Å². The van der Waals surface area contributed by atoms with Gasteiger partial charge < -0.3 is 26.0 Å². The summed E-state index contributed by atoms with van der Waals surface area (Å²) in [4.78, 5) is 35.0. The second-order valence-electron chi connectivity index (χ2n) is 15.2. The van der Waals surface area contributed by atoms with Gasteiger partial charge in [-0.05, 0) is 86.7 Å². The van der Waals surface area contributed by atoms with E-state index in [0.29, 0.717) is 30.6 Å². The highest BCUT2D eigenvalue weighted by Gasteiger charge is 2.39. The van der Waals surface area contributed by atoms with E-state index in [1.807, 2.05) is 64.2 Å². The van der Waals surface area contributed by atoms with Crippen molar-refractivity contribution in [3.05, 3.63) is 84.8 Å². The van der Waals surface area contributed by atoms with E-state index in [0.717, 1.165) is 72.6 Å². The second kappa shape index (κ2) is 15.4. The first-order chi connectivity index (χ1) is 28.1. The first-order valence-corrected chi connectivity index (χ1v) is 19.6. The molecule has 3 aliphatic rings. The summed E-state index contributed by atoms with van der Waals surface area (Å²) in [5.41, 5.74) is 9.34. The van der Waals surface area contributed by atoms with Gasteiger partial charge in [-0.15, -0.1) is 13.2 Å². The number of benzene rings is 3. The molecule has 0 spiro atoms. The summed E-state index contributed by atoms with van der Waals surface area (Å²) >= 11 is 0. The number of nitrogens with one attached hydrogen (secondary N) is 3. The van der Waals surface area contributed by atoms with Crippen molar-refractivity contribution in [1.29, 1.82) is 0 Å². The Balaban J connectivity index is 0.767. The summed E-state index contributed by atoms with van der Waals surface area (Å²) in [7, 11) is 0. The van der Waals surface area contributed by atoms with Crippen LogP contribution in [0, 0.1) is 0 Å². The zero-order chi connectivity index (χ0) is 40.0. The molecular formula is C41H42F3N11O3. The van der Waals surface area contributed by atoms with Gasteiger partial charge >= 0.3 is 6.30 Å². The number of imide groups is 1. The Bertz CT molecular complexity index is 2460. The van der Waals surface area contributed by atoms with Crippen LogP contribution in [-0.4, -0.2) is 79.6 Å². The maximum atomic E-state index is 14.0. The van der Waals surface area contributed by atoms with Gasteiger partial charge in [-0.2, -0.15) is 14.9 Å².